The normalized spacial score (nSPS) is 10.4. The number of aromatic amines is 1. The molecular formula is C21H17N5O2. The lowest BCUT2D eigenvalue weighted by Crippen LogP contribution is -2.41. The molecular weight excluding hydrogens is 354 g/mol. The van der Waals surface area contributed by atoms with E-state index >= 15 is 0 Å². The Balaban J connectivity index is 1.37. The van der Waals surface area contributed by atoms with E-state index in [1.54, 1.807) is 18.2 Å². The van der Waals surface area contributed by atoms with E-state index in [2.05, 4.69) is 21.0 Å². The summed E-state index contributed by atoms with van der Waals surface area (Å²) in [4.78, 5) is 24.5. The van der Waals surface area contributed by atoms with E-state index in [1.807, 2.05) is 71.6 Å². The van der Waals surface area contributed by atoms with Crippen LogP contribution in [0.4, 0.5) is 0 Å². The van der Waals surface area contributed by atoms with Crippen molar-refractivity contribution < 1.29 is 9.59 Å². The third kappa shape index (κ3) is 3.68. The van der Waals surface area contributed by atoms with Gasteiger partial charge in [0, 0.05) is 29.2 Å². The topological polar surface area (TPSA) is 91.8 Å². The third-order valence-electron chi connectivity index (χ3n) is 4.21. The summed E-state index contributed by atoms with van der Waals surface area (Å²) >= 11 is 0. The number of carbonyl (C=O) groups excluding carboxylic acids is 2. The molecule has 3 N–H and O–H groups in total. The number of carbonyl (C=O) groups is 2. The van der Waals surface area contributed by atoms with Crippen LogP contribution in [0.3, 0.4) is 0 Å². The largest absolute Gasteiger partial charge is 0.324 e. The quantitative estimate of drug-likeness (QED) is 0.482. The van der Waals surface area contributed by atoms with Gasteiger partial charge in [0.2, 0.25) is 0 Å². The molecule has 0 unspecified atom stereocenters. The summed E-state index contributed by atoms with van der Waals surface area (Å²) in [5, 5.41) is 6.80. The minimum atomic E-state index is -0.480. The van der Waals surface area contributed by atoms with Gasteiger partial charge in [0.15, 0.2) is 0 Å². The van der Waals surface area contributed by atoms with Gasteiger partial charge in [-0.05, 0) is 42.5 Å². The predicted octanol–water partition coefficient (Wildman–Crippen LogP) is 2.94. The average Bonchev–Trinajstić information content (AvgIpc) is 3.45. The maximum Gasteiger partial charge on any atom is 0.287 e. The molecule has 2 heterocycles. The van der Waals surface area contributed by atoms with Crippen LogP contribution in [0.15, 0.2) is 85.2 Å². The Hall–Kier alpha value is -4.13. The van der Waals surface area contributed by atoms with Crippen molar-refractivity contribution in [2.75, 3.05) is 0 Å². The molecule has 0 atom stereocenters. The molecule has 0 aliphatic carbocycles. The zero-order valence-electron chi connectivity index (χ0n) is 14.8. The minimum Gasteiger partial charge on any atom is -0.324 e. The molecule has 0 bridgehead atoms. The maximum absolute atomic E-state index is 12.2. The molecule has 0 radical (unpaired) electrons. The molecule has 0 saturated heterocycles. The Morgan fingerprint density at radius 2 is 1.50 bits per heavy atom. The van der Waals surface area contributed by atoms with Gasteiger partial charge >= 0.3 is 0 Å². The van der Waals surface area contributed by atoms with Crippen LogP contribution in [0.2, 0.25) is 0 Å². The molecule has 0 aliphatic heterocycles. The van der Waals surface area contributed by atoms with Crippen LogP contribution in [-0.2, 0) is 0 Å². The monoisotopic (exact) mass is 371 g/mol. The number of nitrogens with one attached hydrogen (secondary N) is 3. The van der Waals surface area contributed by atoms with Gasteiger partial charge in [-0.15, -0.1) is 0 Å². The standard InChI is InChI=1S/C21H17N5O2/c27-20(16-8-10-17(11-9-16)26-12-4-5-13-26)24-25-21(28)19-14-18(22-23-19)15-6-2-1-3-7-15/h1-14H,(H,22,23)(H,24,27)(H,25,28). The number of rotatable bonds is 4. The van der Waals surface area contributed by atoms with Crippen LogP contribution in [0.5, 0.6) is 0 Å². The first-order valence-electron chi connectivity index (χ1n) is 8.65. The van der Waals surface area contributed by atoms with Gasteiger partial charge in [0.05, 0.1) is 5.69 Å². The fourth-order valence-corrected chi connectivity index (χ4v) is 2.74. The number of hydrogen-bond acceptors (Lipinski definition) is 3. The summed E-state index contributed by atoms with van der Waals surface area (Å²) in [6.45, 7) is 0. The second-order valence-corrected chi connectivity index (χ2v) is 6.08. The third-order valence-corrected chi connectivity index (χ3v) is 4.21. The lowest BCUT2D eigenvalue weighted by atomic mass is 10.1. The Kier molecular flexibility index (Phi) is 4.71. The van der Waals surface area contributed by atoms with Crippen molar-refractivity contribution in [3.05, 3.63) is 96.4 Å². The van der Waals surface area contributed by atoms with Crippen LogP contribution in [-0.4, -0.2) is 26.6 Å². The highest BCUT2D eigenvalue weighted by Gasteiger charge is 2.12. The lowest BCUT2D eigenvalue weighted by molar-refractivity contribution is 0.0844. The molecule has 7 nitrogen and oxygen atoms in total. The fourth-order valence-electron chi connectivity index (χ4n) is 2.74. The second kappa shape index (κ2) is 7.63. The maximum atomic E-state index is 12.2. The minimum absolute atomic E-state index is 0.252. The number of aromatic nitrogens is 3. The first kappa shape index (κ1) is 17.3. The number of amides is 2. The highest BCUT2D eigenvalue weighted by Crippen LogP contribution is 2.16. The molecule has 7 heteroatoms. The smallest absolute Gasteiger partial charge is 0.287 e. The van der Waals surface area contributed by atoms with E-state index in [0.29, 0.717) is 11.3 Å². The summed E-state index contributed by atoms with van der Waals surface area (Å²) < 4.78 is 1.94. The zero-order chi connectivity index (χ0) is 19.3. The van der Waals surface area contributed by atoms with E-state index in [-0.39, 0.29) is 5.69 Å². The Morgan fingerprint density at radius 1 is 0.821 bits per heavy atom. The summed E-state index contributed by atoms with van der Waals surface area (Å²) in [6.07, 6.45) is 3.84. The van der Waals surface area contributed by atoms with Crippen molar-refractivity contribution in [3.63, 3.8) is 0 Å². The van der Waals surface area contributed by atoms with E-state index < -0.39 is 11.8 Å². The average molecular weight is 371 g/mol. The molecule has 4 rings (SSSR count). The van der Waals surface area contributed by atoms with Crippen molar-refractivity contribution in [3.8, 4) is 16.9 Å². The summed E-state index contributed by atoms with van der Waals surface area (Å²) in [6, 6.07) is 22.0. The van der Waals surface area contributed by atoms with E-state index in [9.17, 15) is 9.59 Å². The van der Waals surface area contributed by atoms with Crippen LogP contribution in [0, 0.1) is 0 Å². The van der Waals surface area contributed by atoms with E-state index in [0.717, 1.165) is 11.3 Å². The molecule has 0 spiro atoms. The fraction of sp³-hybridized carbons (Fsp3) is 0. The first-order valence-corrected chi connectivity index (χ1v) is 8.65. The van der Waals surface area contributed by atoms with E-state index in [1.165, 1.54) is 0 Å². The molecule has 2 amide bonds. The van der Waals surface area contributed by atoms with Gasteiger partial charge < -0.3 is 4.57 Å². The van der Waals surface area contributed by atoms with Crippen molar-refractivity contribution in [1.29, 1.82) is 0 Å². The van der Waals surface area contributed by atoms with E-state index in [4.69, 9.17) is 0 Å². The van der Waals surface area contributed by atoms with Crippen LogP contribution in [0.1, 0.15) is 20.8 Å². The van der Waals surface area contributed by atoms with Gasteiger partial charge in [-0.25, -0.2) is 0 Å². The zero-order valence-corrected chi connectivity index (χ0v) is 14.8. The van der Waals surface area contributed by atoms with Gasteiger partial charge in [-0.2, -0.15) is 5.10 Å². The summed E-state index contributed by atoms with van der Waals surface area (Å²) in [5.74, 6) is -0.887. The Bertz CT molecular complexity index is 1080. The highest BCUT2D eigenvalue weighted by atomic mass is 16.2. The SMILES string of the molecule is O=C(NNC(=O)c1cc(-c2ccccc2)n[nH]1)c1ccc(-n2cccc2)cc1. The summed E-state index contributed by atoms with van der Waals surface area (Å²) in [7, 11) is 0. The van der Waals surface area contributed by atoms with Crippen molar-refractivity contribution in [1.82, 2.24) is 25.6 Å². The highest BCUT2D eigenvalue weighted by molar-refractivity contribution is 5.98. The molecule has 2 aromatic heterocycles. The molecule has 4 aromatic rings. The van der Waals surface area contributed by atoms with Crippen LogP contribution < -0.4 is 10.9 Å². The van der Waals surface area contributed by atoms with Crippen molar-refractivity contribution >= 4 is 11.8 Å². The lowest BCUT2D eigenvalue weighted by Gasteiger charge is -2.07. The Morgan fingerprint density at radius 3 is 2.21 bits per heavy atom. The number of nitrogens with zero attached hydrogens (tertiary/aromatic N) is 2. The van der Waals surface area contributed by atoms with Crippen molar-refractivity contribution in [2.24, 2.45) is 0 Å². The molecule has 28 heavy (non-hydrogen) atoms. The summed E-state index contributed by atoms with van der Waals surface area (Å²) in [5.41, 5.74) is 7.97. The number of hydrogen-bond donors (Lipinski definition) is 3. The molecule has 2 aromatic carbocycles. The molecule has 138 valence electrons. The van der Waals surface area contributed by atoms with Gasteiger partial charge in [0.1, 0.15) is 5.69 Å². The van der Waals surface area contributed by atoms with Gasteiger partial charge in [-0.3, -0.25) is 25.5 Å². The van der Waals surface area contributed by atoms with Crippen LogP contribution >= 0.6 is 0 Å². The number of H-pyrrole nitrogens is 1. The first-order chi connectivity index (χ1) is 13.7. The number of hydrazine groups is 1. The number of benzene rings is 2. The second-order valence-electron chi connectivity index (χ2n) is 6.08. The van der Waals surface area contributed by atoms with Crippen LogP contribution in [0.25, 0.3) is 16.9 Å². The molecule has 0 fully saturated rings. The van der Waals surface area contributed by atoms with Crippen molar-refractivity contribution in [2.45, 2.75) is 0 Å². The van der Waals surface area contributed by atoms with Gasteiger partial charge in [0.25, 0.3) is 11.8 Å². The van der Waals surface area contributed by atoms with Gasteiger partial charge in [-0.1, -0.05) is 30.3 Å². The predicted molar refractivity (Wildman–Crippen MR) is 105 cm³/mol. The molecule has 0 aliphatic rings. The Labute approximate surface area is 161 Å². The molecule has 0 saturated carbocycles.